The lowest BCUT2D eigenvalue weighted by Crippen LogP contribution is -2.51. The summed E-state index contributed by atoms with van der Waals surface area (Å²) in [7, 11) is 1.72. The van der Waals surface area contributed by atoms with Crippen LogP contribution in [-0.2, 0) is 17.8 Å². The summed E-state index contributed by atoms with van der Waals surface area (Å²) in [4.78, 5) is 16.4. The van der Waals surface area contributed by atoms with E-state index in [0.29, 0.717) is 18.9 Å². The number of hydrogen-bond acceptors (Lipinski definition) is 4. The van der Waals surface area contributed by atoms with Gasteiger partial charge in [0.15, 0.2) is 0 Å². The van der Waals surface area contributed by atoms with E-state index in [9.17, 15) is 9.90 Å². The molecule has 39 heavy (non-hydrogen) atoms. The van der Waals surface area contributed by atoms with E-state index < -0.39 is 5.60 Å². The summed E-state index contributed by atoms with van der Waals surface area (Å²) in [5.41, 5.74) is 2.92. The number of methoxy groups -OCH3 is 1. The van der Waals surface area contributed by atoms with Crippen LogP contribution in [0.4, 0.5) is 0 Å². The summed E-state index contributed by atoms with van der Waals surface area (Å²) >= 11 is 0. The summed E-state index contributed by atoms with van der Waals surface area (Å²) in [6.07, 6.45) is 7.72. The Morgan fingerprint density at radius 3 is 2.64 bits per heavy atom. The fourth-order valence-corrected chi connectivity index (χ4v) is 7.71. The molecule has 1 aromatic heterocycles. The lowest BCUT2D eigenvalue weighted by Gasteiger charge is -2.51. The zero-order chi connectivity index (χ0) is 27.7. The number of aromatic amines is 1. The molecule has 5 rings (SSSR count). The van der Waals surface area contributed by atoms with Gasteiger partial charge in [0, 0.05) is 48.2 Å². The molecule has 1 amide bonds. The normalized spacial score (nSPS) is 27.8. The van der Waals surface area contributed by atoms with Gasteiger partial charge in [0.2, 0.25) is 5.91 Å². The molecular weight excluding hydrogens is 486 g/mol. The number of nitrogens with one attached hydrogen (secondary N) is 3. The van der Waals surface area contributed by atoms with Gasteiger partial charge in [0.25, 0.3) is 0 Å². The number of fused-ring (bicyclic) bond motifs is 2. The molecule has 3 aromatic rings. The van der Waals surface area contributed by atoms with Crippen molar-refractivity contribution in [3.63, 3.8) is 0 Å². The van der Waals surface area contributed by atoms with Crippen molar-refractivity contribution in [1.82, 2.24) is 15.6 Å². The standard InChI is InChI=1S/C33H45N3O3/c1-31(2)20-29(36-22-24-9-5-8-12-27(24)39-4)33(17-16-32(3,38)19-28(31)33)15-13-30(37)34-18-14-23-21-35-26-11-7-6-10-25(23)26/h5-12,21,28-29,35-36,38H,13-20,22H2,1-4H3,(H,34,37)/t28-,29-,32-,33-/m0/s1. The topological polar surface area (TPSA) is 86.4 Å². The third kappa shape index (κ3) is 5.73. The number of carbonyl (C=O) groups excluding carboxylic acids is 1. The number of benzene rings is 2. The molecule has 2 aromatic carbocycles. The number of hydrogen-bond donors (Lipinski definition) is 4. The first kappa shape index (κ1) is 27.7. The lowest BCUT2D eigenvalue weighted by molar-refractivity contribution is -0.123. The van der Waals surface area contributed by atoms with E-state index in [2.05, 4.69) is 59.8 Å². The van der Waals surface area contributed by atoms with Crippen molar-refractivity contribution < 1.29 is 14.6 Å². The van der Waals surface area contributed by atoms with Gasteiger partial charge in [-0.2, -0.15) is 0 Å². The molecule has 0 unspecified atom stereocenters. The van der Waals surface area contributed by atoms with Crippen LogP contribution < -0.4 is 15.4 Å². The first-order valence-electron chi connectivity index (χ1n) is 14.5. The van der Waals surface area contributed by atoms with Gasteiger partial charge in [0.1, 0.15) is 5.75 Å². The molecule has 2 aliphatic carbocycles. The van der Waals surface area contributed by atoms with Gasteiger partial charge in [-0.25, -0.2) is 0 Å². The Morgan fingerprint density at radius 1 is 1.05 bits per heavy atom. The summed E-state index contributed by atoms with van der Waals surface area (Å²) in [5.74, 6) is 1.37. The largest absolute Gasteiger partial charge is 0.496 e. The number of carbonyl (C=O) groups is 1. The van der Waals surface area contributed by atoms with Crippen molar-refractivity contribution in [3.8, 4) is 5.75 Å². The molecule has 6 heteroatoms. The van der Waals surface area contributed by atoms with Crippen molar-refractivity contribution in [2.24, 2.45) is 16.7 Å². The SMILES string of the molecule is COc1ccccc1CN[C@H]1CC(C)(C)[C@@H]2C[C@@](C)(O)CC[C@]12CCC(=O)NCCc1c[nH]c2ccccc12. The Bertz CT molecular complexity index is 1300. The van der Waals surface area contributed by atoms with E-state index in [4.69, 9.17) is 4.74 Å². The quantitative estimate of drug-likeness (QED) is 0.269. The second-order valence-electron chi connectivity index (χ2n) is 12.9. The molecular formula is C33H45N3O3. The molecule has 210 valence electrons. The highest BCUT2D eigenvalue weighted by atomic mass is 16.5. The molecule has 0 saturated heterocycles. The Morgan fingerprint density at radius 2 is 1.82 bits per heavy atom. The highest BCUT2D eigenvalue weighted by Gasteiger charge is 2.61. The van der Waals surface area contributed by atoms with Gasteiger partial charge in [-0.05, 0) is 79.9 Å². The Balaban J connectivity index is 1.26. The smallest absolute Gasteiger partial charge is 0.220 e. The highest BCUT2D eigenvalue weighted by molar-refractivity contribution is 5.83. The number of H-pyrrole nitrogens is 1. The van der Waals surface area contributed by atoms with Crippen LogP contribution in [0.25, 0.3) is 10.9 Å². The molecule has 0 bridgehead atoms. The molecule has 2 aliphatic rings. The molecule has 4 atom stereocenters. The van der Waals surface area contributed by atoms with E-state index in [0.717, 1.165) is 61.9 Å². The van der Waals surface area contributed by atoms with E-state index in [1.165, 1.54) is 10.9 Å². The van der Waals surface area contributed by atoms with E-state index in [1.54, 1.807) is 7.11 Å². The van der Waals surface area contributed by atoms with Crippen molar-refractivity contribution >= 4 is 16.8 Å². The number of ether oxygens (including phenoxy) is 1. The minimum Gasteiger partial charge on any atom is -0.496 e. The van der Waals surface area contributed by atoms with Crippen LogP contribution in [0.15, 0.2) is 54.7 Å². The van der Waals surface area contributed by atoms with Crippen molar-refractivity contribution in [2.45, 2.75) is 83.9 Å². The zero-order valence-corrected chi connectivity index (χ0v) is 24.0. The van der Waals surface area contributed by atoms with Crippen LogP contribution in [0.1, 0.15) is 70.4 Å². The third-order valence-corrected chi connectivity index (χ3v) is 9.77. The third-order valence-electron chi connectivity index (χ3n) is 9.77. The van der Waals surface area contributed by atoms with Gasteiger partial charge in [-0.3, -0.25) is 4.79 Å². The van der Waals surface area contributed by atoms with E-state index >= 15 is 0 Å². The average molecular weight is 532 g/mol. The summed E-state index contributed by atoms with van der Waals surface area (Å²) < 4.78 is 5.60. The zero-order valence-electron chi connectivity index (χ0n) is 24.0. The van der Waals surface area contributed by atoms with Gasteiger partial charge >= 0.3 is 0 Å². The van der Waals surface area contributed by atoms with Crippen LogP contribution in [-0.4, -0.2) is 41.3 Å². The maximum absolute atomic E-state index is 13.1. The number of rotatable bonds is 10. The van der Waals surface area contributed by atoms with Crippen molar-refractivity contribution in [3.05, 3.63) is 65.9 Å². The number of aromatic nitrogens is 1. The minimum absolute atomic E-state index is 0.0259. The number of amides is 1. The lowest BCUT2D eigenvalue weighted by atomic mass is 9.57. The average Bonchev–Trinajstić information content (AvgIpc) is 3.42. The van der Waals surface area contributed by atoms with Crippen LogP contribution in [0.5, 0.6) is 5.75 Å². The van der Waals surface area contributed by atoms with Crippen LogP contribution in [0, 0.1) is 16.7 Å². The Labute approximate surface area is 232 Å². The summed E-state index contributed by atoms with van der Waals surface area (Å²) in [6.45, 7) is 8.04. The van der Waals surface area contributed by atoms with Gasteiger partial charge < -0.3 is 25.5 Å². The van der Waals surface area contributed by atoms with Gasteiger partial charge in [0.05, 0.1) is 12.7 Å². The summed E-state index contributed by atoms with van der Waals surface area (Å²) in [6, 6.07) is 16.7. The van der Waals surface area contributed by atoms with Crippen LogP contribution >= 0.6 is 0 Å². The first-order chi connectivity index (χ1) is 18.6. The maximum Gasteiger partial charge on any atom is 0.220 e. The fourth-order valence-electron chi connectivity index (χ4n) is 7.71. The maximum atomic E-state index is 13.1. The van der Waals surface area contributed by atoms with Crippen LogP contribution in [0.3, 0.4) is 0 Å². The predicted octanol–water partition coefficient (Wildman–Crippen LogP) is 5.74. The molecule has 1 heterocycles. The Kier molecular flexibility index (Phi) is 7.80. The van der Waals surface area contributed by atoms with Crippen LogP contribution in [0.2, 0.25) is 0 Å². The summed E-state index contributed by atoms with van der Waals surface area (Å²) in [5, 5.41) is 19.4. The van der Waals surface area contributed by atoms with Crippen molar-refractivity contribution in [1.29, 1.82) is 0 Å². The number of aliphatic hydroxyl groups is 1. The molecule has 0 spiro atoms. The van der Waals surface area contributed by atoms with Crippen molar-refractivity contribution in [2.75, 3.05) is 13.7 Å². The van der Waals surface area contributed by atoms with Gasteiger partial charge in [-0.15, -0.1) is 0 Å². The minimum atomic E-state index is -0.648. The molecule has 0 radical (unpaired) electrons. The van der Waals surface area contributed by atoms with E-state index in [1.807, 2.05) is 31.3 Å². The predicted molar refractivity (Wildman–Crippen MR) is 157 cm³/mol. The first-order valence-corrected chi connectivity index (χ1v) is 14.5. The fraction of sp³-hybridized carbons (Fsp3) is 0.545. The molecule has 2 saturated carbocycles. The number of para-hydroxylation sites is 2. The molecule has 4 N–H and O–H groups in total. The Hall–Kier alpha value is -2.83. The molecule has 0 aliphatic heterocycles. The monoisotopic (exact) mass is 531 g/mol. The second kappa shape index (κ2) is 11.0. The highest BCUT2D eigenvalue weighted by Crippen LogP contribution is 2.63. The molecule has 2 fully saturated rings. The molecule has 6 nitrogen and oxygen atoms in total. The van der Waals surface area contributed by atoms with E-state index in [-0.39, 0.29) is 22.8 Å². The second-order valence-corrected chi connectivity index (χ2v) is 12.9. The van der Waals surface area contributed by atoms with Gasteiger partial charge in [-0.1, -0.05) is 50.2 Å².